The zero-order valence-corrected chi connectivity index (χ0v) is 11.9. The fourth-order valence-electron chi connectivity index (χ4n) is 1.81. The van der Waals surface area contributed by atoms with E-state index in [4.69, 9.17) is 9.84 Å². The Balaban J connectivity index is 1.91. The van der Waals surface area contributed by atoms with Gasteiger partial charge in [-0.25, -0.2) is 0 Å². The summed E-state index contributed by atoms with van der Waals surface area (Å²) in [5.74, 6) is -0.156. The topological polar surface area (TPSA) is 58.6 Å². The molecule has 0 saturated carbocycles. The number of aliphatic hydroxyl groups is 1. The first-order chi connectivity index (χ1) is 10.9. The smallest absolute Gasteiger partial charge is 0.416 e. The van der Waals surface area contributed by atoms with Gasteiger partial charge in [0.1, 0.15) is 5.75 Å². The molecule has 0 aromatic heterocycles. The summed E-state index contributed by atoms with van der Waals surface area (Å²) in [6, 6.07) is 10.8. The van der Waals surface area contributed by atoms with E-state index in [0.29, 0.717) is 11.3 Å². The average molecular weight is 325 g/mol. The number of ether oxygens (including phenoxy) is 1. The summed E-state index contributed by atoms with van der Waals surface area (Å²) in [7, 11) is 0. The number of carbonyl (C=O) groups excluding carboxylic acids is 1. The molecule has 0 spiro atoms. The SMILES string of the molecule is O=C(COc1ccc(CO)cc1)Nc1cccc(C(F)(F)F)c1. The second-order valence-corrected chi connectivity index (χ2v) is 4.72. The number of nitrogens with one attached hydrogen (secondary N) is 1. The van der Waals surface area contributed by atoms with Crippen molar-refractivity contribution in [2.75, 3.05) is 11.9 Å². The Morgan fingerprint density at radius 3 is 2.43 bits per heavy atom. The molecule has 2 N–H and O–H groups in total. The average Bonchev–Trinajstić information content (AvgIpc) is 2.53. The Hall–Kier alpha value is -2.54. The molecule has 23 heavy (non-hydrogen) atoms. The van der Waals surface area contributed by atoms with Gasteiger partial charge in [0.15, 0.2) is 6.61 Å². The van der Waals surface area contributed by atoms with Crippen LogP contribution in [0, 0.1) is 0 Å². The summed E-state index contributed by atoms with van der Waals surface area (Å²) < 4.78 is 43.0. The summed E-state index contributed by atoms with van der Waals surface area (Å²) in [4.78, 5) is 11.7. The van der Waals surface area contributed by atoms with Crippen molar-refractivity contribution in [1.82, 2.24) is 0 Å². The van der Waals surface area contributed by atoms with Gasteiger partial charge in [0.25, 0.3) is 5.91 Å². The van der Waals surface area contributed by atoms with Gasteiger partial charge in [-0.15, -0.1) is 0 Å². The largest absolute Gasteiger partial charge is 0.484 e. The van der Waals surface area contributed by atoms with Gasteiger partial charge in [-0.05, 0) is 35.9 Å². The Bertz CT molecular complexity index is 669. The number of hydrogen-bond acceptors (Lipinski definition) is 3. The standard InChI is InChI=1S/C16H14F3NO3/c17-16(18,19)12-2-1-3-13(8-12)20-15(22)10-23-14-6-4-11(9-21)5-7-14/h1-8,21H,9-10H2,(H,20,22). The summed E-state index contributed by atoms with van der Waals surface area (Å²) >= 11 is 0. The second kappa shape index (κ2) is 7.15. The Morgan fingerprint density at radius 1 is 1.13 bits per heavy atom. The minimum Gasteiger partial charge on any atom is -0.484 e. The highest BCUT2D eigenvalue weighted by molar-refractivity contribution is 5.91. The minimum absolute atomic E-state index is 0.0454. The molecule has 0 aliphatic carbocycles. The Labute approximate surface area is 130 Å². The van der Waals surface area contributed by atoms with E-state index in [1.165, 1.54) is 12.1 Å². The monoisotopic (exact) mass is 325 g/mol. The van der Waals surface area contributed by atoms with Gasteiger partial charge in [-0.2, -0.15) is 13.2 Å². The van der Waals surface area contributed by atoms with Gasteiger partial charge < -0.3 is 15.2 Å². The minimum atomic E-state index is -4.47. The van der Waals surface area contributed by atoms with E-state index in [0.717, 1.165) is 12.1 Å². The Kier molecular flexibility index (Phi) is 5.23. The van der Waals surface area contributed by atoms with Crippen LogP contribution in [0.3, 0.4) is 0 Å². The lowest BCUT2D eigenvalue weighted by Crippen LogP contribution is -2.20. The summed E-state index contributed by atoms with van der Waals surface area (Å²) in [6.45, 7) is -0.439. The first-order valence-electron chi connectivity index (χ1n) is 6.68. The van der Waals surface area contributed by atoms with Gasteiger partial charge in [-0.1, -0.05) is 18.2 Å². The third kappa shape index (κ3) is 5.00. The van der Waals surface area contributed by atoms with E-state index in [1.54, 1.807) is 24.3 Å². The summed E-state index contributed by atoms with van der Waals surface area (Å²) in [6.07, 6.45) is -4.47. The maximum absolute atomic E-state index is 12.6. The van der Waals surface area contributed by atoms with E-state index in [9.17, 15) is 18.0 Å². The normalized spacial score (nSPS) is 11.1. The zero-order valence-electron chi connectivity index (χ0n) is 11.9. The summed E-state index contributed by atoms with van der Waals surface area (Å²) in [5, 5.41) is 11.2. The van der Waals surface area contributed by atoms with Crippen LogP contribution in [0.2, 0.25) is 0 Å². The lowest BCUT2D eigenvalue weighted by atomic mass is 10.2. The number of hydrogen-bond donors (Lipinski definition) is 2. The van der Waals surface area contributed by atoms with Crippen molar-refractivity contribution in [1.29, 1.82) is 0 Å². The highest BCUT2D eigenvalue weighted by Gasteiger charge is 2.30. The van der Waals surface area contributed by atoms with Crippen LogP contribution in [0.5, 0.6) is 5.75 Å². The molecule has 7 heteroatoms. The molecule has 0 saturated heterocycles. The van der Waals surface area contributed by atoms with Gasteiger partial charge in [-0.3, -0.25) is 4.79 Å². The van der Waals surface area contributed by atoms with Crippen LogP contribution in [-0.4, -0.2) is 17.6 Å². The molecular formula is C16H14F3NO3. The predicted octanol–water partition coefficient (Wildman–Crippen LogP) is 3.22. The van der Waals surface area contributed by atoms with Crippen LogP contribution in [-0.2, 0) is 17.6 Å². The van der Waals surface area contributed by atoms with Gasteiger partial charge in [0.2, 0.25) is 0 Å². The van der Waals surface area contributed by atoms with Crippen molar-refractivity contribution in [2.45, 2.75) is 12.8 Å². The number of halogens is 3. The van der Waals surface area contributed by atoms with Crippen LogP contribution in [0.15, 0.2) is 48.5 Å². The highest BCUT2D eigenvalue weighted by Crippen LogP contribution is 2.30. The van der Waals surface area contributed by atoms with Crippen molar-refractivity contribution < 1.29 is 27.8 Å². The van der Waals surface area contributed by atoms with Gasteiger partial charge in [0.05, 0.1) is 12.2 Å². The second-order valence-electron chi connectivity index (χ2n) is 4.72. The molecule has 122 valence electrons. The molecule has 0 aliphatic heterocycles. The van der Waals surface area contributed by atoms with Crippen molar-refractivity contribution >= 4 is 11.6 Å². The van der Waals surface area contributed by atoms with E-state index in [-0.39, 0.29) is 18.9 Å². The first kappa shape index (κ1) is 16.8. The van der Waals surface area contributed by atoms with Crippen LogP contribution < -0.4 is 10.1 Å². The van der Waals surface area contributed by atoms with Crippen LogP contribution in [0.4, 0.5) is 18.9 Å². The molecule has 0 aliphatic rings. The van der Waals surface area contributed by atoms with Crippen LogP contribution in [0.25, 0.3) is 0 Å². The molecule has 1 amide bonds. The number of anilines is 1. The molecule has 0 bridgehead atoms. The molecular weight excluding hydrogens is 311 g/mol. The maximum Gasteiger partial charge on any atom is 0.416 e. The van der Waals surface area contributed by atoms with E-state index in [1.807, 2.05) is 0 Å². The van der Waals surface area contributed by atoms with E-state index >= 15 is 0 Å². The van der Waals surface area contributed by atoms with E-state index in [2.05, 4.69) is 5.32 Å². The third-order valence-electron chi connectivity index (χ3n) is 2.95. The molecule has 2 aromatic rings. The molecule has 4 nitrogen and oxygen atoms in total. The predicted molar refractivity (Wildman–Crippen MR) is 77.9 cm³/mol. The van der Waals surface area contributed by atoms with Crippen molar-refractivity contribution in [3.8, 4) is 5.75 Å². The quantitative estimate of drug-likeness (QED) is 0.887. The van der Waals surface area contributed by atoms with Gasteiger partial charge in [0, 0.05) is 5.69 Å². The number of carbonyl (C=O) groups is 1. The molecule has 2 aromatic carbocycles. The zero-order chi connectivity index (χ0) is 16.9. The molecule has 0 fully saturated rings. The molecule has 2 rings (SSSR count). The molecule has 0 heterocycles. The van der Waals surface area contributed by atoms with Crippen molar-refractivity contribution in [2.24, 2.45) is 0 Å². The summed E-state index contributed by atoms with van der Waals surface area (Å²) in [5.41, 5.74) is -0.0920. The van der Waals surface area contributed by atoms with Crippen LogP contribution in [0.1, 0.15) is 11.1 Å². The fraction of sp³-hybridized carbons (Fsp3) is 0.188. The van der Waals surface area contributed by atoms with Gasteiger partial charge >= 0.3 is 6.18 Å². The molecule has 0 radical (unpaired) electrons. The maximum atomic E-state index is 12.6. The van der Waals surface area contributed by atoms with Crippen LogP contribution >= 0.6 is 0 Å². The van der Waals surface area contributed by atoms with Crippen molar-refractivity contribution in [3.63, 3.8) is 0 Å². The number of rotatable bonds is 5. The number of aliphatic hydroxyl groups excluding tert-OH is 1. The number of amides is 1. The highest BCUT2D eigenvalue weighted by atomic mass is 19.4. The van der Waals surface area contributed by atoms with E-state index < -0.39 is 17.6 Å². The molecule has 0 atom stereocenters. The third-order valence-corrected chi connectivity index (χ3v) is 2.95. The first-order valence-corrected chi connectivity index (χ1v) is 6.68. The Morgan fingerprint density at radius 2 is 1.83 bits per heavy atom. The molecule has 0 unspecified atom stereocenters. The van der Waals surface area contributed by atoms with Crippen molar-refractivity contribution in [3.05, 3.63) is 59.7 Å². The lowest BCUT2D eigenvalue weighted by Gasteiger charge is -2.10. The lowest BCUT2D eigenvalue weighted by molar-refractivity contribution is -0.137. The number of benzene rings is 2. The number of alkyl halides is 3. The fourth-order valence-corrected chi connectivity index (χ4v) is 1.81.